The molecule has 27 heavy (non-hydrogen) atoms. The van der Waals surface area contributed by atoms with Crippen LogP contribution in [0.1, 0.15) is 13.8 Å². The van der Waals surface area contributed by atoms with E-state index in [-0.39, 0.29) is 30.7 Å². The van der Waals surface area contributed by atoms with Crippen LogP contribution in [-0.4, -0.2) is 68.3 Å². The Morgan fingerprint density at radius 2 is 1.89 bits per heavy atom. The number of carbonyl (C=O) groups is 2. The molecule has 0 fully saturated rings. The zero-order valence-electron chi connectivity index (χ0n) is 15.1. The summed E-state index contributed by atoms with van der Waals surface area (Å²) in [5.74, 6) is 3.02. The molecule has 2 amide bonds. The Hall–Kier alpha value is -3.07. The van der Waals surface area contributed by atoms with Crippen molar-refractivity contribution in [2.45, 2.75) is 19.0 Å². The van der Waals surface area contributed by atoms with Crippen LogP contribution < -0.4 is 21.3 Å². The number of nitrogens with zero attached hydrogens (tertiary/aromatic N) is 5. The van der Waals surface area contributed by atoms with Gasteiger partial charge in [0.2, 0.25) is 23.7 Å². The minimum atomic E-state index is -0.349. The van der Waals surface area contributed by atoms with Crippen molar-refractivity contribution in [3.8, 4) is 12.3 Å². The third kappa shape index (κ3) is 5.71. The van der Waals surface area contributed by atoms with E-state index in [2.05, 4.69) is 47.4 Å². The van der Waals surface area contributed by atoms with Gasteiger partial charge in [-0.05, 0) is 13.8 Å². The van der Waals surface area contributed by atoms with E-state index < -0.39 is 0 Å². The Morgan fingerprint density at radius 1 is 1.11 bits per heavy atom. The molecule has 0 saturated heterocycles. The molecule has 2 heterocycles. The van der Waals surface area contributed by atoms with Crippen LogP contribution in [-0.2, 0) is 9.59 Å². The molecule has 0 aliphatic heterocycles. The molecule has 12 heteroatoms. The highest BCUT2D eigenvalue weighted by atomic mass is 32.2. The summed E-state index contributed by atoms with van der Waals surface area (Å²) in [4.78, 5) is 32.0. The number of hydrogen-bond acceptors (Lipinski definition) is 9. The number of fused-ring (bicyclic) bond motifs is 1. The van der Waals surface area contributed by atoms with Gasteiger partial charge in [-0.2, -0.15) is 9.97 Å². The molecule has 0 aliphatic carbocycles. The van der Waals surface area contributed by atoms with Gasteiger partial charge in [0.05, 0.1) is 18.8 Å². The molecule has 11 nitrogen and oxygen atoms in total. The topological polar surface area (TPSA) is 138 Å². The normalized spacial score (nSPS) is 10.3. The molecular formula is C15H21N9O2S. The maximum absolute atomic E-state index is 11.9. The van der Waals surface area contributed by atoms with Gasteiger partial charge >= 0.3 is 0 Å². The first-order chi connectivity index (χ1) is 13.1. The maximum Gasteiger partial charge on any atom is 0.261 e. The number of anilines is 2. The Kier molecular flexibility index (Phi) is 7.63. The second-order valence-electron chi connectivity index (χ2n) is 5.10. The van der Waals surface area contributed by atoms with Gasteiger partial charge in [-0.25, -0.2) is 4.40 Å². The van der Waals surface area contributed by atoms with Crippen molar-refractivity contribution in [2.24, 2.45) is 0 Å². The monoisotopic (exact) mass is 391 g/mol. The lowest BCUT2D eigenvalue weighted by molar-refractivity contribution is -0.124. The molecule has 0 unspecified atom stereocenters. The molecule has 4 N–H and O–H groups in total. The van der Waals surface area contributed by atoms with Gasteiger partial charge in [0.1, 0.15) is 0 Å². The van der Waals surface area contributed by atoms with E-state index >= 15 is 0 Å². The number of nitrogens with one attached hydrogen (secondary N) is 4. The summed E-state index contributed by atoms with van der Waals surface area (Å²) < 4.78 is 1.64. The average molecular weight is 391 g/mol. The van der Waals surface area contributed by atoms with Crippen molar-refractivity contribution in [3.05, 3.63) is 0 Å². The van der Waals surface area contributed by atoms with Crippen LogP contribution in [0.5, 0.6) is 0 Å². The van der Waals surface area contributed by atoms with Gasteiger partial charge in [-0.3, -0.25) is 9.59 Å². The molecule has 2 aromatic heterocycles. The largest absolute Gasteiger partial charge is 0.355 e. The van der Waals surface area contributed by atoms with Crippen LogP contribution in [0.25, 0.3) is 5.78 Å². The minimum absolute atomic E-state index is 0.0593. The number of rotatable bonds is 10. The number of thioether (sulfide) groups is 1. The van der Waals surface area contributed by atoms with Crippen LogP contribution >= 0.6 is 11.8 Å². The zero-order chi connectivity index (χ0) is 19.6. The van der Waals surface area contributed by atoms with Crippen molar-refractivity contribution in [1.29, 1.82) is 0 Å². The number of hydrogen-bond donors (Lipinski definition) is 4. The number of terminal acetylenes is 1. The van der Waals surface area contributed by atoms with E-state index in [9.17, 15) is 9.59 Å². The minimum Gasteiger partial charge on any atom is -0.355 e. The van der Waals surface area contributed by atoms with Crippen LogP contribution in [0, 0.1) is 12.3 Å². The summed E-state index contributed by atoms with van der Waals surface area (Å²) in [6, 6.07) is 0. The van der Waals surface area contributed by atoms with E-state index in [4.69, 9.17) is 6.42 Å². The molecule has 0 bridgehead atoms. The molecule has 2 rings (SSSR count). The van der Waals surface area contributed by atoms with Gasteiger partial charge < -0.3 is 21.3 Å². The first-order valence-electron chi connectivity index (χ1n) is 8.29. The van der Waals surface area contributed by atoms with E-state index in [1.165, 1.54) is 11.8 Å². The van der Waals surface area contributed by atoms with Crippen LogP contribution in [0.15, 0.2) is 5.16 Å². The molecule has 0 aromatic carbocycles. The zero-order valence-corrected chi connectivity index (χ0v) is 15.9. The first-order valence-corrected chi connectivity index (χ1v) is 9.28. The van der Waals surface area contributed by atoms with Crippen molar-refractivity contribution >= 4 is 41.3 Å². The van der Waals surface area contributed by atoms with Crippen molar-refractivity contribution in [2.75, 3.05) is 42.6 Å². The summed E-state index contributed by atoms with van der Waals surface area (Å²) in [5, 5.41) is 19.7. The van der Waals surface area contributed by atoms with Gasteiger partial charge in [0.25, 0.3) is 5.78 Å². The number of amides is 2. The summed E-state index contributed by atoms with van der Waals surface area (Å²) >= 11 is 1.17. The fraction of sp³-hybridized carbons (Fsp3) is 0.467. The fourth-order valence-electron chi connectivity index (χ4n) is 1.97. The maximum atomic E-state index is 11.9. The molecule has 0 radical (unpaired) electrons. The molecule has 144 valence electrons. The number of carbonyl (C=O) groups excluding carboxylic acids is 2. The molecule has 0 spiro atoms. The highest BCUT2D eigenvalue weighted by molar-refractivity contribution is 7.99. The van der Waals surface area contributed by atoms with Crippen molar-refractivity contribution < 1.29 is 9.59 Å². The van der Waals surface area contributed by atoms with Gasteiger partial charge in [-0.1, -0.05) is 17.7 Å². The number of aromatic nitrogens is 5. The Bertz CT molecular complexity index is 846. The van der Waals surface area contributed by atoms with E-state index in [0.717, 1.165) is 0 Å². The predicted molar refractivity (Wildman–Crippen MR) is 102 cm³/mol. The second kappa shape index (κ2) is 10.2. The van der Waals surface area contributed by atoms with E-state index in [1.54, 1.807) is 4.40 Å². The van der Waals surface area contributed by atoms with E-state index in [1.807, 2.05) is 13.8 Å². The Balaban J connectivity index is 2.03. The first kappa shape index (κ1) is 20.2. The molecule has 0 aliphatic rings. The summed E-state index contributed by atoms with van der Waals surface area (Å²) in [6.07, 6.45) is 5.05. The SMILES string of the molecule is C#CCNC(=O)CNC(=O)CSc1nnc2nc(NCC)nc(NCC)n12. The third-order valence-corrected chi connectivity index (χ3v) is 4.01. The van der Waals surface area contributed by atoms with Crippen LogP contribution in [0.2, 0.25) is 0 Å². The smallest absolute Gasteiger partial charge is 0.261 e. The standard InChI is InChI=1S/C15H21N9O2S/c1-4-7-18-10(25)8-19-11(26)9-27-15-23-22-14-21-12(16-5-2)20-13(17-6-3)24(14)15/h1H,5-9H2,2-3H3,(H,18,25)(H,19,26)(H2,16,17,20,21,22). The van der Waals surface area contributed by atoms with Crippen molar-refractivity contribution in [1.82, 2.24) is 35.2 Å². The predicted octanol–water partition coefficient (Wildman–Crippen LogP) is -0.659. The Labute approximate surface area is 160 Å². The lowest BCUT2D eigenvalue weighted by Gasteiger charge is -2.09. The van der Waals surface area contributed by atoms with Crippen LogP contribution in [0.3, 0.4) is 0 Å². The second-order valence-corrected chi connectivity index (χ2v) is 6.04. The van der Waals surface area contributed by atoms with Crippen molar-refractivity contribution in [3.63, 3.8) is 0 Å². The fourth-order valence-corrected chi connectivity index (χ4v) is 2.73. The van der Waals surface area contributed by atoms with Gasteiger partial charge in [0, 0.05) is 13.1 Å². The van der Waals surface area contributed by atoms with E-state index in [0.29, 0.717) is 35.9 Å². The lowest BCUT2D eigenvalue weighted by Crippen LogP contribution is -2.37. The molecule has 2 aromatic rings. The van der Waals surface area contributed by atoms with Gasteiger partial charge in [0.15, 0.2) is 5.16 Å². The average Bonchev–Trinajstić information content (AvgIpc) is 3.06. The summed E-state index contributed by atoms with van der Waals surface area (Å²) in [5.41, 5.74) is 0. The third-order valence-electron chi connectivity index (χ3n) is 3.08. The highest BCUT2D eigenvalue weighted by Gasteiger charge is 2.16. The molecule has 0 atom stereocenters. The van der Waals surface area contributed by atoms with Gasteiger partial charge in [-0.15, -0.1) is 16.6 Å². The molecular weight excluding hydrogens is 370 g/mol. The quantitative estimate of drug-likeness (QED) is 0.307. The lowest BCUT2D eigenvalue weighted by atomic mass is 10.5. The van der Waals surface area contributed by atoms with Crippen LogP contribution in [0.4, 0.5) is 11.9 Å². The Morgan fingerprint density at radius 3 is 2.59 bits per heavy atom. The highest BCUT2D eigenvalue weighted by Crippen LogP contribution is 2.20. The summed E-state index contributed by atoms with van der Waals surface area (Å²) in [7, 11) is 0. The molecule has 0 saturated carbocycles. The summed E-state index contributed by atoms with van der Waals surface area (Å²) in [6.45, 7) is 5.18.